The van der Waals surface area contributed by atoms with Gasteiger partial charge in [0.05, 0.1) is 18.7 Å². The summed E-state index contributed by atoms with van der Waals surface area (Å²) in [5, 5.41) is 5.76. The van der Waals surface area contributed by atoms with Crippen molar-refractivity contribution in [3.63, 3.8) is 0 Å². The maximum atomic E-state index is 11.7. The molecule has 2 amide bonds. The molecule has 5 heteroatoms. The van der Waals surface area contributed by atoms with Crippen molar-refractivity contribution >= 4 is 6.03 Å². The first-order valence-electron chi connectivity index (χ1n) is 5.80. The van der Waals surface area contributed by atoms with Gasteiger partial charge in [0, 0.05) is 19.0 Å². The van der Waals surface area contributed by atoms with Crippen molar-refractivity contribution in [2.45, 2.75) is 25.4 Å². The zero-order chi connectivity index (χ0) is 12.1. The lowest BCUT2D eigenvalue weighted by atomic mass is 10.1. The van der Waals surface area contributed by atoms with Gasteiger partial charge in [-0.3, -0.25) is 4.98 Å². The van der Waals surface area contributed by atoms with Crippen molar-refractivity contribution in [1.82, 2.24) is 15.6 Å². The van der Waals surface area contributed by atoms with E-state index in [1.807, 2.05) is 19.1 Å². The van der Waals surface area contributed by atoms with Crippen molar-refractivity contribution < 1.29 is 9.53 Å². The number of carbonyl (C=O) groups excluding carboxylic acids is 1. The van der Waals surface area contributed by atoms with Crippen molar-refractivity contribution in [3.05, 3.63) is 30.1 Å². The monoisotopic (exact) mass is 235 g/mol. The van der Waals surface area contributed by atoms with Crippen LogP contribution in [-0.2, 0) is 4.74 Å². The Morgan fingerprint density at radius 1 is 1.65 bits per heavy atom. The summed E-state index contributed by atoms with van der Waals surface area (Å²) in [7, 11) is 0. The van der Waals surface area contributed by atoms with Gasteiger partial charge in [0.2, 0.25) is 0 Å². The number of ether oxygens (including phenoxy) is 1. The second kappa shape index (κ2) is 5.63. The van der Waals surface area contributed by atoms with E-state index < -0.39 is 0 Å². The highest BCUT2D eigenvalue weighted by Crippen LogP contribution is 2.09. The number of nitrogens with zero attached hydrogens (tertiary/aromatic N) is 1. The molecule has 2 atom stereocenters. The molecule has 1 aromatic heterocycles. The third-order valence-electron chi connectivity index (χ3n) is 2.80. The van der Waals surface area contributed by atoms with Crippen LogP contribution in [0.5, 0.6) is 0 Å². The topological polar surface area (TPSA) is 63.2 Å². The standard InChI is InChI=1S/C12H17N3O2/c1-9(10-3-2-5-13-7-10)14-12(16)15-11-4-6-17-8-11/h2-3,5,7,9,11H,4,6,8H2,1H3,(H2,14,15,16). The van der Waals surface area contributed by atoms with Crippen LogP contribution < -0.4 is 10.6 Å². The third kappa shape index (κ3) is 3.42. The molecule has 1 saturated heterocycles. The highest BCUT2D eigenvalue weighted by molar-refractivity contribution is 5.74. The summed E-state index contributed by atoms with van der Waals surface area (Å²) in [6.07, 6.45) is 4.35. The van der Waals surface area contributed by atoms with Gasteiger partial charge in [-0.15, -0.1) is 0 Å². The van der Waals surface area contributed by atoms with E-state index in [1.165, 1.54) is 0 Å². The molecule has 0 aromatic carbocycles. The SMILES string of the molecule is CC(NC(=O)NC1CCOC1)c1cccnc1. The Morgan fingerprint density at radius 3 is 3.18 bits per heavy atom. The van der Waals surface area contributed by atoms with E-state index in [0.29, 0.717) is 6.61 Å². The van der Waals surface area contributed by atoms with Crippen LogP contribution in [-0.4, -0.2) is 30.3 Å². The Hall–Kier alpha value is -1.62. The van der Waals surface area contributed by atoms with E-state index in [4.69, 9.17) is 4.74 Å². The number of hydrogen-bond donors (Lipinski definition) is 2. The van der Waals surface area contributed by atoms with Gasteiger partial charge in [0.1, 0.15) is 0 Å². The van der Waals surface area contributed by atoms with Crippen LogP contribution in [0.25, 0.3) is 0 Å². The third-order valence-corrected chi connectivity index (χ3v) is 2.80. The second-order valence-corrected chi connectivity index (χ2v) is 4.19. The fourth-order valence-electron chi connectivity index (χ4n) is 1.79. The molecular weight excluding hydrogens is 218 g/mol. The molecule has 0 saturated carbocycles. The predicted octanol–water partition coefficient (Wildman–Crippen LogP) is 1.23. The first-order chi connectivity index (χ1) is 8.25. The average Bonchev–Trinajstić information content (AvgIpc) is 2.82. The van der Waals surface area contributed by atoms with Crippen LogP contribution in [0.3, 0.4) is 0 Å². The molecule has 0 bridgehead atoms. The number of rotatable bonds is 3. The molecule has 17 heavy (non-hydrogen) atoms. The quantitative estimate of drug-likeness (QED) is 0.828. The van der Waals surface area contributed by atoms with Gasteiger partial charge in [-0.25, -0.2) is 4.79 Å². The highest BCUT2D eigenvalue weighted by atomic mass is 16.5. The van der Waals surface area contributed by atoms with Crippen molar-refractivity contribution in [1.29, 1.82) is 0 Å². The van der Waals surface area contributed by atoms with Gasteiger partial charge in [0.25, 0.3) is 0 Å². The number of carbonyl (C=O) groups is 1. The molecule has 2 unspecified atom stereocenters. The van der Waals surface area contributed by atoms with Gasteiger partial charge in [-0.1, -0.05) is 6.07 Å². The molecule has 1 aliphatic rings. The molecule has 2 N–H and O–H groups in total. The van der Waals surface area contributed by atoms with E-state index in [9.17, 15) is 4.79 Å². The van der Waals surface area contributed by atoms with Gasteiger partial charge < -0.3 is 15.4 Å². The second-order valence-electron chi connectivity index (χ2n) is 4.19. The Kier molecular flexibility index (Phi) is 3.93. The first kappa shape index (κ1) is 11.9. The molecule has 1 aromatic rings. The summed E-state index contributed by atoms with van der Waals surface area (Å²) in [5.74, 6) is 0. The van der Waals surface area contributed by atoms with E-state index in [1.54, 1.807) is 12.4 Å². The fourth-order valence-corrected chi connectivity index (χ4v) is 1.79. The molecule has 92 valence electrons. The molecule has 0 spiro atoms. The maximum absolute atomic E-state index is 11.7. The lowest BCUT2D eigenvalue weighted by Crippen LogP contribution is -2.43. The fraction of sp³-hybridized carbons (Fsp3) is 0.500. The van der Waals surface area contributed by atoms with Crippen molar-refractivity contribution in [3.8, 4) is 0 Å². The molecule has 5 nitrogen and oxygen atoms in total. The lowest BCUT2D eigenvalue weighted by molar-refractivity contribution is 0.188. The van der Waals surface area contributed by atoms with E-state index in [-0.39, 0.29) is 18.1 Å². The summed E-state index contributed by atoms with van der Waals surface area (Å²) in [6.45, 7) is 3.26. The Bertz CT molecular complexity index is 363. The molecule has 1 fully saturated rings. The van der Waals surface area contributed by atoms with Gasteiger partial charge in [-0.2, -0.15) is 0 Å². The minimum Gasteiger partial charge on any atom is -0.379 e. The van der Waals surface area contributed by atoms with E-state index in [0.717, 1.165) is 18.6 Å². The van der Waals surface area contributed by atoms with Crippen molar-refractivity contribution in [2.24, 2.45) is 0 Å². The minimum atomic E-state index is -0.156. The number of amides is 2. The number of aromatic nitrogens is 1. The first-order valence-corrected chi connectivity index (χ1v) is 5.80. The molecule has 0 radical (unpaired) electrons. The Balaban J connectivity index is 1.81. The van der Waals surface area contributed by atoms with Crippen LogP contribution in [0.15, 0.2) is 24.5 Å². The van der Waals surface area contributed by atoms with Crippen LogP contribution in [0.4, 0.5) is 4.79 Å². The lowest BCUT2D eigenvalue weighted by Gasteiger charge is -2.16. The minimum absolute atomic E-state index is 0.0500. The Morgan fingerprint density at radius 2 is 2.53 bits per heavy atom. The van der Waals surface area contributed by atoms with E-state index in [2.05, 4.69) is 15.6 Å². The molecule has 1 aliphatic heterocycles. The van der Waals surface area contributed by atoms with Crippen LogP contribution in [0, 0.1) is 0 Å². The number of nitrogens with one attached hydrogen (secondary N) is 2. The summed E-state index contributed by atoms with van der Waals surface area (Å²) in [4.78, 5) is 15.7. The van der Waals surface area contributed by atoms with Gasteiger partial charge >= 0.3 is 6.03 Å². The zero-order valence-corrected chi connectivity index (χ0v) is 9.85. The molecule has 0 aliphatic carbocycles. The van der Waals surface area contributed by atoms with Crippen LogP contribution >= 0.6 is 0 Å². The zero-order valence-electron chi connectivity index (χ0n) is 9.85. The van der Waals surface area contributed by atoms with Crippen molar-refractivity contribution in [2.75, 3.05) is 13.2 Å². The molecule has 2 rings (SSSR count). The summed E-state index contributed by atoms with van der Waals surface area (Å²) >= 11 is 0. The predicted molar refractivity (Wildman–Crippen MR) is 63.5 cm³/mol. The number of pyridine rings is 1. The summed E-state index contributed by atoms with van der Waals surface area (Å²) in [6, 6.07) is 3.73. The molecule has 2 heterocycles. The number of urea groups is 1. The highest BCUT2D eigenvalue weighted by Gasteiger charge is 2.18. The average molecular weight is 235 g/mol. The number of hydrogen-bond acceptors (Lipinski definition) is 3. The summed E-state index contributed by atoms with van der Waals surface area (Å²) < 4.78 is 5.20. The van der Waals surface area contributed by atoms with Crippen LogP contribution in [0.1, 0.15) is 24.9 Å². The smallest absolute Gasteiger partial charge is 0.315 e. The molecular formula is C12H17N3O2. The van der Waals surface area contributed by atoms with Gasteiger partial charge in [0.15, 0.2) is 0 Å². The Labute approximate surface area is 101 Å². The largest absolute Gasteiger partial charge is 0.379 e. The van der Waals surface area contributed by atoms with Crippen LogP contribution in [0.2, 0.25) is 0 Å². The normalized spacial score (nSPS) is 20.9. The van der Waals surface area contributed by atoms with Gasteiger partial charge in [-0.05, 0) is 25.0 Å². The van der Waals surface area contributed by atoms with E-state index >= 15 is 0 Å². The maximum Gasteiger partial charge on any atom is 0.315 e. The summed E-state index contributed by atoms with van der Waals surface area (Å²) in [5.41, 5.74) is 0.991.